The maximum atomic E-state index is 12.3. The highest BCUT2D eigenvalue weighted by Crippen LogP contribution is 2.09. The molecule has 0 spiro atoms. The summed E-state index contributed by atoms with van der Waals surface area (Å²) in [6.45, 7) is 2.66. The Morgan fingerprint density at radius 3 is 2.38 bits per heavy atom. The zero-order valence-electron chi connectivity index (χ0n) is 16.5. The first-order valence-corrected chi connectivity index (χ1v) is 9.65. The molecule has 2 aromatic rings. The third-order valence-electron chi connectivity index (χ3n) is 4.35. The molecule has 154 valence electrons. The van der Waals surface area contributed by atoms with Gasteiger partial charge in [0.05, 0.1) is 0 Å². The molecule has 7 heteroatoms. The minimum absolute atomic E-state index is 0.0215. The minimum atomic E-state index is -0.896. The number of carboxylic acids is 1. The highest BCUT2D eigenvalue weighted by atomic mass is 16.4. The van der Waals surface area contributed by atoms with Gasteiger partial charge in [-0.1, -0.05) is 42.5 Å². The third kappa shape index (κ3) is 8.04. The Morgan fingerprint density at radius 2 is 1.69 bits per heavy atom. The maximum absolute atomic E-state index is 12.3. The van der Waals surface area contributed by atoms with Crippen molar-refractivity contribution in [1.29, 1.82) is 0 Å². The lowest BCUT2D eigenvalue weighted by atomic mass is 10.0. The number of urea groups is 1. The van der Waals surface area contributed by atoms with E-state index in [0.29, 0.717) is 24.9 Å². The molecule has 2 rings (SSSR count). The first kappa shape index (κ1) is 21.9. The molecule has 4 N–H and O–H groups in total. The number of carbonyl (C=O) groups excluding carboxylic acids is 2. The SMILES string of the molecule is CCNC(=O)c1cccc(CNC(=O)NC(CCC(=O)O)Cc2ccccc2)c1. The standard InChI is InChI=1S/C22H27N3O4/c1-2-23-21(28)18-10-6-9-17(13-18)15-24-22(29)25-19(11-12-20(26)27)14-16-7-4-3-5-8-16/h3-10,13,19H,2,11-12,14-15H2,1H3,(H,23,28)(H,26,27)(H2,24,25,29). The van der Waals surface area contributed by atoms with Crippen LogP contribution in [0.15, 0.2) is 54.6 Å². The molecule has 0 aromatic heterocycles. The van der Waals surface area contributed by atoms with E-state index in [0.717, 1.165) is 11.1 Å². The van der Waals surface area contributed by atoms with Crippen molar-refractivity contribution in [3.63, 3.8) is 0 Å². The summed E-state index contributed by atoms with van der Waals surface area (Å²) in [5, 5.41) is 17.3. The fourth-order valence-corrected chi connectivity index (χ4v) is 2.93. The molecule has 7 nitrogen and oxygen atoms in total. The Hall–Kier alpha value is -3.35. The molecule has 0 radical (unpaired) electrons. The van der Waals surface area contributed by atoms with Crippen molar-refractivity contribution >= 4 is 17.9 Å². The van der Waals surface area contributed by atoms with E-state index in [1.165, 1.54) is 0 Å². The Bertz CT molecular complexity index is 824. The van der Waals surface area contributed by atoms with Gasteiger partial charge >= 0.3 is 12.0 Å². The van der Waals surface area contributed by atoms with E-state index in [4.69, 9.17) is 5.11 Å². The summed E-state index contributed by atoms with van der Waals surface area (Å²) in [4.78, 5) is 35.2. The van der Waals surface area contributed by atoms with E-state index in [2.05, 4.69) is 16.0 Å². The molecule has 0 aliphatic heterocycles. The zero-order chi connectivity index (χ0) is 21.1. The number of hydrogen-bond donors (Lipinski definition) is 4. The number of carboxylic acid groups (broad SMARTS) is 1. The number of hydrogen-bond acceptors (Lipinski definition) is 3. The van der Waals surface area contributed by atoms with Crippen LogP contribution in [0.2, 0.25) is 0 Å². The van der Waals surface area contributed by atoms with Crippen molar-refractivity contribution in [2.75, 3.05) is 6.54 Å². The molecule has 0 fully saturated rings. The van der Waals surface area contributed by atoms with Gasteiger partial charge in [0.15, 0.2) is 0 Å². The number of carbonyl (C=O) groups is 3. The van der Waals surface area contributed by atoms with E-state index >= 15 is 0 Å². The van der Waals surface area contributed by atoms with Crippen LogP contribution in [0.3, 0.4) is 0 Å². The van der Waals surface area contributed by atoms with Crippen molar-refractivity contribution in [1.82, 2.24) is 16.0 Å². The third-order valence-corrected chi connectivity index (χ3v) is 4.35. The molecule has 29 heavy (non-hydrogen) atoms. The molecule has 2 aromatic carbocycles. The lowest BCUT2D eigenvalue weighted by Gasteiger charge is -2.19. The highest BCUT2D eigenvalue weighted by molar-refractivity contribution is 5.94. The average molecular weight is 397 g/mol. The smallest absolute Gasteiger partial charge is 0.315 e. The van der Waals surface area contributed by atoms with Crippen LogP contribution >= 0.6 is 0 Å². The van der Waals surface area contributed by atoms with Crippen molar-refractivity contribution in [2.45, 2.75) is 38.8 Å². The lowest BCUT2D eigenvalue weighted by Crippen LogP contribution is -2.43. The quantitative estimate of drug-likeness (QED) is 0.494. The van der Waals surface area contributed by atoms with Crippen molar-refractivity contribution < 1.29 is 19.5 Å². The number of rotatable bonds is 10. The van der Waals surface area contributed by atoms with Gasteiger partial charge in [-0.15, -0.1) is 0 Å². The van der Waals surface area contributed by atoms with Crippen molar-refractivity contribution in [3.05, 3.63) is 71.3 Å². The van der Waals surface area contributed by atoms with Crippen LogP contribution in [0, 0.1) is 0 Å². The van der Waals surface area contributed by atoms with Crippen LogP contribution in [0.4, 0.5) is 4.79 Å². The first-order chi connectivity index (χ1) is 14.0. The number of amides is 3. The summed E-state index contributed by atoms with van der Waals surface area (Å²) >= 11 is 0. The Balaban J connectivity index is 1.92. The predicted molar refractivity (Wildman–Crippen MR) is 111 cm³/mol. The van der Waals surface area contributed by atoms with Gasteiger partial charge in [-0.05, 0) is 43.0 Å². The average Bonchev–Trinajstić information content (AvgIpc) is 2.71. The maximum Gasteiger partial charge on any atom is 0.315 e. The van der Waals surface area contributed by atoms with Gasteiger partial charge in [0.25, 0.3) is 5.91 Å². The molecule has 0 heterocycles. The molecular formula is C22H27N3O4. The van der Waals surface area contributed by atoms with E-state index in [9.17, 15) is 14.4 Å². The normalized spacial score (nSPS) is 11.3. The molecule has 0 aliphatic carbocycles. The second-order valence-electron chi connectivity index (χ2n) is 6.71. The van der Waals surface area contributed by atoms with Crippen LogP contribution in [0.25, 0.3) is 0 Å². The summed E-state index contributed by atoms with van der Waals surface area (Å²) in [5.74, 6) is -1.05. The van der Waals surface area contributed by atoms with Crippen LogP contribution in [0.5, 0.6) is 0 Å². The van der Waals surface area contributed by atoms with E-state index in [1.54, 1.807) is 18.2 Å². The molecule has 1 atom stereocenters. The van der Waals surface area contributed by atoms with Crippen LogP contribution < -0.4 is 16.0 Å². The van der Waals surface area contributed by atoms with Gasteiger partial charge in [0, 0.05) is 31.1 Å². The highest BCUT2D eigenvalue weighted by Gasteiger charge is 2.15. The predicted octanol–water partition coefficient (Wildman–Crippen LogP) is 2.71. The molecule has 0 aliphatic rings. The van der Waals surface area contributed by atoms with E-state index in [1.807, 2.05) is 43.3 Å². The number of aliphatic carboxylic acids is 1. The zero-order valence-corrected chi connectivity index (χ0v) is 16.5. The molecule has 0 saturated heterocycles. The van der Waals surface area contributed by atoms with E-state index < -0.39 is 5.97 Å². The monoisotopic (exact) mass is 397 g/mol. The fraction of sp³-hybridized carbons (Fsp3) is 0.318. The Kier molecular flexibility index (Phi) is 8.69. The van der Waals surface area contributed by atoms with Crippen molar-refractivity contribution in [2.24, 2.45) is 0 Å². The van der Waals surface area contributed by atoms with Crippen molar-refractivity contribution in [3.8, 4) is 0 Å². The molecule has 0 saturated carbocycles. The van der Waals surface area contributed by atoms with Crippen LogP contribution in [0.1, 0.15) is 41.3 Å². The first-order valence-electron chi connectivity index (χ1n) is 9.65. The second-order valence-corrected chi connectivity index (χ2v) is 6.71. The summed E-state index contributed by atoms with van der Waals surface area (Å²) in [5.41, 5.74) is 2.36. The number of nitrogens with one attached hydrogen (secondary N) is 3. The van der Waals surface area contributed by atoms with Gasteiger partial charge in [-0.3, -0.25) is 9.59 Å². The summed E-state index contributed by atoms with van der Waals surface area (Å²) in [6, 6.07) is 16.0. The van der Waals surface area contributed by atoms with Gasteiger partial charge in [-0.2, -0.15) is 0 Å². The summed E-state index contributed by atoms with van der Waals surface area (Å²) < 4.78 is 0. The van der Waals surface area contributed by atoms with E-state index in [-0.39, 0.29) is 30.9 Å². The molecule has 3 amide bonds. The molecule has 1 unspecified atom stereocenters. The second kappa shape index (κ2) is 11.5. The molecular weight excluding hydrogens is 370 g/mol. The minimum Gasteiger partial charge on any atom is -0.481 e. The van der Waals surface area contributed by atoms with Gasteiger partial charge in [0.1, 0.15) is 0 Å². The summed E-state index contributed by atoms with van der Waals surface area (Å²) in [6.07, 6.45) is 0.866. The van der Waals surface area contributed by atoms with Crippen LogP contribution in [-0.2, 0) is 17.8 Å². The lowest BCUT2D eigenvalue weighted by molar-refractivity contribution is -0.137. The van der Waals surface area contributed by atoms with Gasteiger partial charge in [0.2, 0.25) is 0 Å². The Morgan fingerprint density at radius 1 is 0.966 bits per heavy atom. The number of benzene rings is 2. The Labute approximate surface area is 170 Å². The van der Waals surface area contributed by atoms with Gasteiger partial charge < -0.3 is 21.1 Å². The summed E-state index contributed by atoms with van der Waals surface area (Å²) in [7, 11) is 0. The van der Waals surface area contributed by atoms with Crippen LogP contribution in [-0.4, -0.2) is 35.6 Å². The van der Waals surface area contributed by atoms with Gasteiger partial charge in [-0.25, -0.2) is 4.79 Å². The molecule has 0 bridgehead atoms. The largest absolute Gasteiger partial charge is 0.481 e. The topological polar surface area (TPSA) is 108 Å². The fourth-order valence-electron chi connectivity index (χ4n) is 2.93.